The van der Waals surface area contributed by atoms with Crippen molar-refractivity contribution in [3.63, 3.8) is 0 Å². The predicted octanol–water partition coefficient (Wildman–Crippen LogP) is 4.12. The Bertz CT molecular complexity index is 626. The maximum Gasteiger partial charge on any atom is 0.259 e. The Hall–Kier alpha value is -1.82. The molecule has 0 unspecified atom stereocenters. The van der Waals surface area contributed by atoms with Crippen LogP contribution in [0.4, 0.5) is 18.9 Å². The normalized spacial score (nSPS) is 10.3. The minimum Gasteiger partial charge on any atom is -0.319 e. The number of amides is 1. The second kappa shape index (κ2) is 5.44. The van der Waals surface area contributed by atoms with E-state index in [1.54, 1.807) is 0 Å². The van der Waals surface area contributed by atoms with E-state index in [4.69, 9.17) is 0 Å². The molecule has 2 aromatic rings. The summed E-state index contributed by atoms with van der Waals surface area (Å²) in [6, 6.07) is 7.33. The summed E-state index contributed by atoms with van der Waals surface area (Å²) < 4.78 is 40.1. The van der Waals surface area contributed by atoms with Gasteiger partial charge in [-0.15, -0.1) is 0 Å². The molecule has 19 heavy (non-hydrogen) atoms. The molecule has 0 aliphatic heterocycles. The van der Waals surface area contributed by atoms with Gasteiger partial charge in [0.15, 0.2) is 11.6 Å². The third kappa shape index (κ3) is 2.78. The summed E-state index contributed by atoms with van der Waals surface area (Å²) in [5.74, 6) is -3.91. The van der Waals surface area contributed by atoms with Gasteiger partial charge in [0.1, 0.15) is 5.82 Å². The van der Waals surface area contributed by atoms with Crippen LogP contribution in [-0.4, -0.2) is 5.91 Å². The van der Waals surface area contributed by atoms with Gasteiger partial charge in [0.25, 0.3) is 5.91 Å². The fourth-order valence-electron chi connectivity index (χ4n) is 1.50. The maximum atomic E-state index is 13.5. The number of halogens is 4. The Labute approximate surface area is 115 Å². The Morgan fingerprint density at radius 1 is 1.00 bits per heavy atom. The highest BCUT2D eigenvalue weighted by atomic mass is 79.9. The number of hydrogen-bond donors (Lipinski definition) is 1. The van der Waals surface area contributed by atoms with E-state index < -0.39 is 23.4 Å². The van der Waals surface area contributed by atoms with Gasteiger partial charge in [-0.25, -0.2) is 13.2 Å². The van der Waals surface area contributed by atoms with E-state index in [2.05, 4.69) is 21.2 Å². The highest BCUT2D eigenvalue weighted by Crippen LogP contribution is 2.22. The van der Waals surface area contributed by atoms with Gasteiger partial charge < -0.3 is 5.32 Å². The lowest BCUT2D eigenvalue weighted by atomic mass is 10.2. The SMILES string of the molecule is O=C(Nc1cccc(F)c1F)c1c(F)cccc1Br. The topological polar surface area (TPSA) is 29.1 Å². The Kier molecular flexibility index (Phi) is 3.90. The Morgan fingerprint density at radius 2 is 1.63 bits per heavy atom. The van der Waals surface area contributed by atoms with Crippen LogP contribution in [0.1, 0.15) is 10.4 Å². The zero-order valence-electron chi connectivity index (χ0n) is 9.38. The van der Waals surface area contributed by atoms with Crippen molar-refractivity contribution in [2.75, 3.05) is 5.32 Å². The molecule has 0 atom stereocenters. The molecule has 2 rings (SSSR count). The minimum atomic E-state index is -1.19. The van der Waals surface area contributed by atoms with Crippen LogP contribution in [0.5, 0.6) is 0 Å². The molecule has 0 heterocycles. The second-order valence-electron chi connectivity index (χ2n) is 3.65. The van der Waals surface area contributed by atoms with E-state index in [0.717, 1.165) is 12.1 Å². The van der Waals surface area contributed by atoms with Crippen molar-refractivity contribution in [1.82, 2.24) is 0 Å². The van der Waals surface area contributed by atoms with Crippen molar-refractivity contribution >= 4 is 27.5 Å². The van der Waals surface area contributed by atoms with Gasteiger partial charge in [-0.2, -0.15) is 0 Å². The van der Waals surface area contributed by atoms with E-state index >= 15 is 0 Å². The summed E-state index contributed by atoms with van der Waals surface area (Å²) in [5.41, 5.74) is -0.619. The van der Waals surface area contributed by atoms with Crippen molar-refractivity contribution in [2.45, 2.75) is 0 Å². The summed E-state index contributed by atoms with van der Waals surface area (Å²) in [7, 11) is 0. The van der Waals surface area contributed by atoms with Gasteiger partial charge in [0.05, 0.1) is 11.3 Å². The molecule has 0 bridgehead atoms. The van der Waals surface area contributed by atoms with Gasteiger partial charge in [0, 0.05) is 4.47 Å². The van der Waals surface area contributed by atoms with Crippen molar-refractivity contribution in [1.29, 1.82) is 0 Å². The van der Waals surface area contributed by atoms with E-state index in [-0.39, 0.29) is 15.7 Å². The number of benzene rings is 2. The van der Waals surface area contributed by atoms with Crippen LogP contribution in [0.25, 0.3) is 0 Å². The summed E-state index contributed by atoms with van der Waals surface area (Å²) >= 11 is 3.03. The van der Waals surface area contributed by atoms with E-state index in [0.29, 0.717) is 0 Å². The molecule has 0 radical (unpaired) electrons. The van der Waals surface area contributed by atoms with Crippen LogP contribution in [0.15, 0.2) is 40.9 Å². The fraction of sp³-hybridized carbons (Fsp3) is 0. The molecule has 0 aromatic heterocycles. The summed E-state index contributed by atoms with van der Waals surface area (Å²) in [6.45, 7) is 0. The molecule has 2 nitrogen and oxygen atoms in total. The van der Waals surface area contributed by atoms with Crippen LogP contribution in [0.2, 0.25) is 0 Å². The van der Waals surface area contributed by atoms with Gasteiger partial charge in [-0.1, -0.05) is 12.1 Å². The average Bonchev–Trinajstić information content (AvgIpc) is 2.35. The first-order valence-electron chi connectivity index (χ1n) is 5.20. The molecule has 98 valence electrons. The smallest absolute Gasteiger partial charge is 0.259 e. The van der Waals surface area contributed by atoms with E-state index in [1.807, 2.05) is 0 Å². The monoisotopic (exact) mass is 329 g/mol. The Morgan fingerprint density at radius 3 is 2.32 bits per heavy atom. The third-order valence-electron chi connectivity index (χ3n) is 2.39. The van der Waals surface area contributed by atoms with Gasteiger partial charge in [-0.05, 0) is 40.2 Å². The standard InChI is InChI=1S/C13H7BrF3NO/c14-7-3-1-4-8(15)11(7)13(19)18-10-6-2-5-9(16)12(10)17/h1-6H,(H,18,19). The molecule has 0 spiro atoms. The van der Waals surface area contributed by atoms with Crippen LogP contribution in [-0.2, 0) is 0 Å². The molecule has 6 heteroatoms. The number of rotatable bonds is 2. The van der Waals surface area contributed by atoms with Crippen LogP contribution >= 0.6 is 15.9 Å². The lowest BCUT2D eigenvalue weighted by molar-refractivity contribution is 0.102. The van der Waals surface area contributed by atoms with Crippen molar-refractivity contribution < 1.29 is 18.0 Å². The lowest BCUT2D eigenvalue weighted by Gasteiger charge is -2.08. The zero-order valence-corrected chi connectivity index (χ0v) is 11.0. The number of carbonyl (C=O) groups excluding carboxylic acids is 1. The summed E-state index contributed by atoms with van der Waals surface area (Å²) in [4.78, 5) is 11.8. The number of nitrogens with one attached hydrogen (secondary N) is 1. The number of carbonyl (C=O) groups is 1. The van der Waals surface area contributed by atoms with E-state index in [1.165, 1.54) is 24.3 Å². The Balaban J connectivity index is 2.34. The summed E-state index contributed by atoms with van der Waals surface area (Å²) in [5, 5.41) is 2.13. The second-order valence-corrected chi connectivity index (χ2v) is 4.51. The molecule has 1 amide bonds. The quantitative estimate of drug-likeness (QED) is 0.882. The largest absolute Gasteiger partial charge is 0.319 e. The fourth-order valence-corrected chi connectivity index (χ4v) is 2.02. The number of anilines is 1. The van der Waals surface area contributed by atoms with E-state index in [9.17, 15) is 18.0 Å². The van der Waals surface area contributed by atoms with Crippen LogP contribution < -0.4 is 5.32 Å². The lowest BCUT2D eigenvalue weighted by Crippen LogP contribution is -2.15. The van der Waals surface area contributed by atoms with Gasteiger partial charge >= 0.3 is 0 Å². The van der Waals surface area contributed by atoms with Crippen molar-refractivity contribution in [3.05, 3.63) is 63.9 Å². The first-order valence-corrected chi connectivity index (χ1v) is 5.99. The third-order valence-corrected chi connectivity index (χ3v) is 3.05. The molecule has 0 aliphatic rings. The van der Waals surface area contributed by atoms with Crippen LogP contribution in [0.3, 0.4) is 0 Å². The molecule has 1 N–H and O–H groups in total. The first-order chi connectivity index (χ1) is 9.00. The highest BCUT2D eigenvalue weighted by Gasteiger charge is 2.17. The molecule has 0 fully saturated rings. The molecular formula is C13H7BrF3NO. The molecule has 0 saturated carbocycles. The van der Waals surface area contributed by atoms with Gasteiger partial charge in [-0.3, -0.25) is 4.79 Å². The molecular weight excluding hydrogens is 323 g/mol. The maximum absolute atomic E-state index is 13.5. The van der Waals surface area contributed by atoms with Gasteiger partial charge in [0.2, 0.25) is 0 Å². The highest BCUT2D eigenvalue weighted by molar-refractivity contribution is 9.10. The van der Waals surface area contributed by atoms with Crippen LogP contribution in [0, 0.1) is 17.5 Å². The average molecular weight is 330 g/mol. The molecule has 2 aromatic carbocycles. The predicted molar refractivity (Wildman–Crippen MR) is 68.4 cm³/mol. The zero-order chi connectivity index (χ0) is 14.0. The minimum absolute atomic E-state index is 0.224. The van der Waals surface area contributed by atoms with Crippen molar-refractivity contribution in [2.24, 2.45) is 0 Å². The summed E-state index contributed by atoms with van der Waals surface area (Å²) in [6.07, 6.45) is 0. The molecule has 0 saturated heterocycles. The first kappa shape index (κ1) is 13.6. The van der Waals surface area contributed by atoms with Crippen molar-refractivity contribution in [3.8, 4) is 0 Å². The molecule has 0 aliphatic carbocycles. The number of hydrogen-bond acceptors (Lipinski definition) is 1.